The van der Waals surface area contributed by atoms with Crippen molar-refractivity contribution in [3.05, 3.63) is 10.4 Å². The highest BCUT2D eigenvalue weighted by molar-refractivity contribution is 5.67. The van der Waals surface area contributed by atoms with Crippen molar-refractivity contribution >= 4 is 17.9 Å². The van der Waals surface area contributed by atoms with Gasteiger partial charge in [0.05, 0.1) is 0 Å². The predicted molar refractivity (Wildman–Crippen MR) is 76.3 cm³/mol. The van der Waals surface area contributed by atoms with Crippen molar-refractivity contribution < 1.29 is 38.1 Å². The van der Waals surface area contributed by atoms with Gasteiger partial charge in [-0.2, -0.15) is 0 Å². The van der Waals surface area contributed by atoms with Gasteiger partial charge >= 0.3 is 17.9 Å². The molecule has 24 heavy (non-hydrogen) atoms. The zero-order chi connectivity index (χ0) is 18.3. The van der Waals surface area contributed by atoms with Crippen LogP contribution in [0.2, 0.25) is 0 Å². The Morgan fingerprint density at radius 2 is 1.71 bits per heavy atom. The van der Waals surface area contributed by atoms with Crippen molar-refractivity contribution in [3.8, 4) is 0 Å². The number of hydrogen-bond donors (Lipinski definition) is 0. The Morgan fingerprint density at radius 1 is 1.08 bits per heavy atom. The first kappa shape index (κ1) is 19.7. The van der Waals surface area contributed by atoms with Gasteiger partial charge < -0.3 is 23.7 Å². The second-order valence-corrected chi connectivity index (χ2v) is 4.92. The van der Waals surface area contributed by atoms with Crippen LogP contribution in [0.3, 0.4) is 0 Å². The van der Waals surface area contributed by atoms with Gasteiger partial charge in [-0.25, -0.2) is 0 Å². The minimum Gasteiger partial charge on any atom is -0.463 e. The van der Waals surface area contributed by atoms with E-state index in [2.05, 4.69) is 10.0 Å². The fourth-order valence-corrected chi connectivity index (χ4v) is 2.27. The van der Waals surface area contributed by atoms with Crippen molar-refractivity contribution in [1.29, 1.82) is 0 Å². The normalized spacial score (nSPS) is 29.1. The summed E-state index contributed by atoms with van der Waals surface area (Å²) in [6, 6.07) is -1.05. The lowest BCUT2D eigenvalue weighted by molar-refractivity contribution is -0.275. The molecule has 0 aromatic heterocycles. The molecule has 0 aliphatic carbocycles. The largest absolute Gasteiger partial charge is 0.463 e. The predicted octanol–water partition coefficient (Wildman–Crippen LogP) is 0.463. The Bertz CT molecular complexity index is 533. The molecule has 1 unspecified atom stereocenters. The number of hydrogen-bond acceptors (Lipinski definition) is 9. The van der Waals surface area contributed by atoms with Crippen LogP contribution >= 0.6 is 0 Å². The second-order valence-electron chi connectivity index (χ2n) is 4.92. The average molecular weight is 345 g/mol. The maximum Gasteiger partial charge on any atom is 0.305 e. The minimum atomic E-state index is -1.23. The number of rotatable bonds is 6. The van der Waals surface area contributed by atoms with Gasteiger partial charge in [0.15, 0.2) is 0 Å². The summed E-state index contributed by atoms with van der Waals surface area (Å²) >= 11 is 0. The van der Waals surface area contributed by atoms with Gasteiger partial charge in [0, 0.05) is 32.8 Å². The first-order chi connectivity index (χ1) is 11.3. The Morgan fingerprint density at radius 3 is 2.17 bits per heavy atom. The number of methoxy groups -OCH3 is 1. The first-order valence-corrected chi connectivity index (χ1v) is 7.00. The van der Waals surface area contributed by atoms with E-state index in [1.165, 1.54) is 14.0 Å². The lowest BCUT2D eigenvalue weighted by Gasteiger charge is -2.42. The van der Waals surface area contributed by atoms with Gasteiger partial charge in [-0.1, -0.05) is 5.11 Å². The number of esters is 3. The molecule has 0 spiro atoms. The van der Waals surface area contributed by atoms with E-state index in [4.69, 9.17) is 29.2 Å². The van der Waals surface area contributed by atoms with Gasteiger partial charge in [0.1, 0.15) is 31.0 Å². The van der Waals surface area contributed by atoms with Crippen molar-refractivity contribution in [2.45, 2.75) is 51.4 Å². The molecule has 0 aromatic carbocycles. The SMILES string of the molecule is CO[C@H]1C(OC(C)=O)O[C@H](COC(C)=O)[C@H](OC(C)=O)[C@@H]1N=[N+]=[N-]. The van der Waals surface area contributed by atoms with E-state index in [-0.39, 0.29) is 6.61 Å². The van der Waals surface area contributed by atoms with Gasteiger partial charge in [0.2, 0.25) is 6.29 Å². The van der Waals surface area contributed by atoms with Crippen LogP contribution in [-0.2, 0) is 38.1 Å². The quantitative estimate of drug-likeness (QED) is 0.222. The molecule has 1 saturated heterocycles. The number of carbonyl (C=O) groups is 3. The Balaban J connectivity index is 3.15. The van der Waals surface area contributed by atoms with Crippen LogP contribution in [-0.4, -0.2) is 62.3 Å². The molecule has 0 bridgehead atoms. The van der Waals surface area contributed by atoms with Crippen LogP contribution in [0.15, 0.2) is 5.11 Å². The van der Waals surface area contributed by atoms with Crippen molar-refractivity contribution in [2.24, 2.45) is 5.11 Å². The molecule has 5 atom stereocenters. The average Bonchev–Trinajstić information content (AvgIpc) is 2.47. The highest BCUT2D eigenvalue weighted by Gasteiger charge is 2.49. The number of carbonyl (C=O) groups excluding carboxylic acids is 3. The van der Waals surface area contributed by atoms with E-state index in [1.807, 2.05) is 0 Å². The maximum absolute atomic E-state index is 11.4. The summed E-state index contributed by atoms with van der Waals surface area (Å²) in [6.07, 6.45) is -4.34. The fraction of sp³-hybridized carbons (Fsp3) is 0.769. The molecule has 0 amide bonds. The summed E-state index contributed by atoms with van der Waals surface area (Å²) < 4.78 is 25.8. The lowest BCUT2D eigenvalue weighted by Crippen LogP contribution is -2.60. The minimum absolute atomic E-state index is 0.293. The van der Waals surface area contributed by atoms with E-state index in [9.17, 15) is 14.4 Å². The molecule has 1 aliphatic heterocycles. The smallest absolute Gasteiger partial charge is 0.305 e. The summed E-state index contributed by atoms with van der Waals surface area (Å²) in [5, 5.41) is 3.57. The summed E-state index contributed by atoms with van der Waals surface area (Å²) in [6.45, 7) is 3.23. The van der Waals surface area contributed by atoms with Gasteiger partial charge in [-0.3, -0.25) is 14.4 Å². The molecular weight excluding hydrogens is 326 g/mol. The van der Waals surface area contributed by atoms with Crippen molar-refractivity contribution in [1.82, 2.24) is 0 Å². The van der Waals surface area contributed by atoms with Crippen LogP contribution < -0.4 is 0 Å². The highest BCUT2D eigenvalue weighted by atomic mass is 16.7. The molecule has 0 N–H and O–H groups in total. The molecule has 0 aromatic rings. The Hall–Kier alpha value is -2.36. The molecule has 1 heterocycles. The number of ether oxygens (including phenoxy) is 5. The third-order valence-corrected chi connectivity index (χ3v) is 3.11. The molecule has 0 saturated carbocycles. The van der Waals surface area contributed by atoms with Crippen molar-refractivity contribution in [3.63, 3.8) is 0 Å². The van der Waals surface area contributed by atoms with Gasteiger partial charge in [0.25, 0.3) is 0 Å². The Labute approximate surface area is 137 Å². The molecule has 1 rings (SSSR count). The summed E-state index contributed by atoms with van der Waals surface area (Å²) in [5.74, 6) is -1.90. The number of azide groups is 1. The van der Waals surface area contributed by atoms with E-state index >= 15 is 0 Å². The third-order valence-electron chi connectivity index (χ3n) is 3.11. The topological polar surface area (TPSA) is 146 Å². The first-order valence-electron chi connectivity index (χ1n) is 7.00. The van der Waals surface area contributed by atoms with Gasteiger partial charge in [-0.15, -0.1) is 0 Å². The monoisotopic (exact) mass is 345 g/mol. The summed E-state index contributed by atoms with van der Waals surface area (Å²) in [4.78, 5) is 36.3. The number of nitrogens with zero attached hydrogens (tertiary/aromatic N) is 3. The fourth-order valence-electron chi connectivity index (χ4n) is 2.27. The molecule has 1 fully saturated rings. The third kappa shape index (κ3) is 5.37. The lowest BCUT2D eigenvalue weighted by atomic mass is 9.96. The van der Waals surface area contributed by atoms with Gasteiger partial charge in [-0.05, 0) is 5.53 Å². The maximum atomic E-state index is 11.4. The van der Waals surface area contributed by atoms with Crippen LogP contribution in [0.25, 0.3) is 10.4 Å². The molecule has 0 radical (unpaired) electrons. The zero-order valence-corrected chi connectivity index (χ0v) is 13.7. The van der Waals surface area contributed by atoms with Crippen molar-refractivity contribution in [2.75, 3.05) is 13.7 Å². The molecule has 11 heteroatoms. The Kier molecular flexibility index (Phi) is 7.43. The molecule has 11 nitrogen and oxygen atoms in total. The van der Waals surface area contributed by atoms with Crippen LogP contribution in [0, 0.1) is 0 Å². The summed E-state index contributed by atoms with van der Waals surface area (Å²) in [7, 11) is 1.29. The van der Waals surface area contributed by atoms with Crippen LogP contribution in [0.1, 0.15) is 20.8 Å². The summed E-state index contributed by atoms with van der Waals surface area (Å²) in [5.41, 5.74) is 8.78. The van der Waals surface area contributed by atoms with E-state index in [1.54, 1.807) is 0 Å². The molecule has 1 aliphatic rings. The van der Waals surface area contributed by atoms with E-state index in [0.29, 0.717) is 0 Å². The van der Waals surface area contributed by atoms with E-state index in [0.717, 1.165) is 13.8 Å². The molecule has 134 valence electrons. The van der Waals surface area contributed by atoms with Crippen LogP contribution in [0.4, 0.5) is 0 Å². The van der Waals surface area contributed by atoms with E-state index < -0.39 is 48.6 Å². The molecular formula is C13H19N3O8. The highest BCUT2D eigenvalue weighted by Crippen LogP contribution is 2.29. The standard InChI is InChI=1S/C13H19N3O8/c1-6(17)21-5-9-11(22-7(2)18)10(15-16-14)12(20-4)13(24-9)23-8(3)19/h9-13H,5H2,1-4H3/t9-,10+,11+,12-,13?/m1/s1. The second kappa shape index (κ2) is 9.06. The van der Waals surface area contributed by atoms with Crippen LogP contribution in [0.5, 0.6) is 0 Å². The zero-order valence-electron chi connectivity index (χ0n) is 13.7.